The molecule has 0 radical (unpaired) electrons. The molecule has 3 N–H and O–H groups in total. The highest BCUT2D eigenvalue weighted by Gasteiger charge is 2.30. The highest BCUT2D eigenvalue weighted by molar-refractivity contribution is 5.91. The minimum absolute atomic E-state index is 0.115. The average molecular weight is 463 g/mol. The molecule has 3 aromatic rings. The lowest BCUT2D eigenvalue weighted by Gasteiger charge is -2.19. The van der Waals surface area contributed by atoms with Crippen molar-refractivity contribution >= 4 is 11.6 Å². The van der Waals surface area contributed by atoms with Crippen LogP contribution in [0.1, 0.15) is 34.8 Å². The Balaban J connectivity index is 1.94. The number of halogens is 3. The Morgan fingerprint density at radius 1 is 1.09 bits per heavy atom. The molecule has 0 saturated carbocycles. The molecule has 0 fully saturated rings. The second-order valence-electron chi connectivity index (χ2n) is 7.25. The van der Waals surface area contributed by atoms with Gasteiger partial charge in [-0.15, -0.1) is 0 Å². The predicted molar refractivity (Wildman–Crippen MR) is 113 cm³/mol. The Labute approximate surface area is 186 Å². The molecule has 1 atom stereocenters. The van der Waals surface area contributed by atoms with Crippen molar-refractivity contribution in [3.63, 3.8) is 0 Å². The van der Waals surface area contributed by atoms with Gasteiger partial charge >= 0.3 is 11.8 Å². The minimum Gasteiger partial charge on any atom is -0.507 e. The van der Waals surface area contributed by atoms with Gasteiger partial charge in [0.25, 0.3) is 0 Å². The molecule has 33 heavy (non-hydrogen) atoms. The summed E-state index contributed by atoms with van der Waals surface area (Å²) in [6, 6.07) is 9.31. The fourth-order valence-corrected chi connectivity index (χ4v) is 3.38. The van der Waals surface area contributed by atoms with E-state index in [-0.39, 0.29) is 34.9 Å². The third kappa shape index (κ3) is 5.46. The number of nitrogens with one attached hydrogen (secondary N) is 1. The first kappa shape index (κ1) is 23.7. The average Bonchev–Trinajstić information content (AvgIpc) is 2.72. The van der Waals surface area contributed by atoms with Crippen molar-refractivity contribution in [3.8, 4) is 17.2 Å². The smallest absolute Gasteiger partial charge is 0.416 e. The van der Waals surface area contributed by atoms with Crippen LogP contribution in [0.2, 0.25) is 0 Å². The first-order chi connectivity index (χ1) is 15.5. The number of anilines is 1. The van der Waals surface area contributed by atoms with Crippen LogP contribution in [-0.2, 0) is 11.0 Å². The Kier molecular flexibility index (Phi) is 6.66. The lowest BCUT2D eigenvalue weighted by molar-refractivity contribution is -0.137. The van der Waals surface area contributed by atoms with E-state index in [1.807, 2.05) is 0 Å². The van der Waals surface area contributed by atoms with Crippen LogP contribution in [0.25, 0.3) is 0 Å². The van der Waals surface area contributed by atoms with Crippen molar-refractivity contribution in [1.82, 2.24) is 0 Å². The number of phenolic OH excluding ortho intramolecular Hbond substituents is 1. The SMILES string of the molecule is COc1ccc(C(CC(=O)Nc2ccc(C(F)(F)F)cc2)c2c(O)cc(C)oc2=O)cc1O. The monoisotopic (exact) mass is 463 g/mol. The Morgan fingerprint density at radius 3 is 2.30 bits per heavy atom. The van der Waals surface area contributed by atoms with E-state index in [0.717, 1.165) is 24.3 Å². The molecular weight excluding hydrogens is 443 g/mol. The number of aryl methyl sites for hydroxylation is 1. The van der Waals surface area contributed by atoms with Crippen molar-refractivity contribution in [1.29, 1.82) is 0 Å². The summed E-state index contributed by atoms with van der Waals surface area (Å²) in [7, 11) is 1.35. The van der Waals surface area contributed by atoms with Gasteiger partial charge in [-0.1, -0.05) is 6.07 Å². The van der Waals surface area contributed by atoms with Crippen LogP contribution in [0.5, 0.6) is 17.2 Å². The van der Waals surface area contributed by atoms with Crippen LogP contribution < -0.4 is 15.7 Å². The van der Waals surface area contributed by atoms with Crippen LogP contribution in [-0.4, -0.2) is 23.2 Å². The first-order valence-corrected chi connectivity index (χ1v) is 9.67. The quantitative estimate of drug-likeness (QED) is 0.495. The molecule has 1 unspecified atom stereocenters. The topological polar surface area (TPSA) is 109 Å². The Hall–Kier alpha value is -3.95. The maximum Gasteiger partial charge on any atom is 0.416 e. The summed E-state index contributed by atoms with van der Waals surface area (Å²) in [6.07, 6.45) is -4.89. The number of ether oxygens (including phenoxy) is 1. The van der Waals surface area contributed by atoms with Gasteiger partial charge in [0, 0.05) is 24.1 Å². The third-order valence-corrected chi connectivity index (χ3v) is 4.93. The Morgan fingerprint density at radius 2 is 1.76 bits per heavy atom. The maximum atomic E-state index is 12.7. The number of aromatic hydroxyl groups is 2. The van der Waals surface area contributed by atoms with E-state index >= 15 is 0 Å². The minimum atomic E-state index is -4.51. The van der Waals surface area contributed by atoms with Gasteiger partial charge in [0.2, 0.25) is 5.91 Å². The van der Waals surface area contributed by atoms with Gasteiger partial charge in [0.05, 0.1) is 18.2 Å². The molecule has 174 valence electrons. The molecule has 10 heteroatoms. The summed E-state index contributed by atoms with van der Waals surface area (Å²) in [5, 5.41) is 23.0. The molecule has 2 aromatic carbocycles. The molecule has 7 nitrogen and oxygen atoms in total. The highest BCUT2D eigenvalue weighted by Crippen LogP contribution is 2.37. The number of benzene rings is 2. The van der Waals surface area contributed by atoms with Gasteiger partial charge in [-0.3, -0.25) is 4.79 Å². The van der Waals surface area contributed by atoms with Gasteiger partial charge in [0.1, 0.15) is 11.5 Å². The number of hydrogen-bond donors (Lipinski definition) is 3. The molecule has 1 heterocycles. The summed E-state index contributed by atoms with van der Waals surface area (Å²) in [4.78, 5) is 25.2. The zero-order valence-electron chi connectivity index (χ0n) is 17.6. The Bertz CT molecular complexity index is 1220. The molecule has 0 saturated heterocycles. The van der Waals surface area contributed by atoms with E-state index in [4.69, 9.17) is 9.15 Å². The van der Waals surface area contributed by atoms with Gasteiger partial charge in [0.15, 0.2) is 11.5 Å². The van der Waals surface area contributed by atoms with Gasteiger partial charge in [-0.05, 0) is 48.9 Å². The van der Waals surface area contributed by atoms with Crippen LogP contribution >= 0.6 is 0 Å². The van der Waals surface area contributed by atoms with Gasteiger partial charge in [-0.2, -0.15) is 13.2 Å². The van der Waals surface area contributed by atoms with Gasteiger partial charge < -0.3 is 24.7 Å². The molecule has 3 rings (SSSR count). The zero-order valence-corrected chi connectivity index (χ0v) is 17.6. The molecule has 1 amide bonds. The number of alkyl halides is 3. The number of phenols is 1. The number of carbonyl (C=O) groups excluding carboxylic acids is 1. The summed E-state index contributed by atoms with van der Waals surface area (Å²) < 4.78 is 48.3. The van der Waals surface area contributed by atoms with E-state index in [0.29, 0.717) is 5.56 Å². The van der Waals surface area contributed by atoms with E-state index in [2.05, 4.69) is 5.32 Å². The molecule has 0 bridgehead atoms. The number of carbonyl (C=O) groups is 1. The third-order valence-electron chi connectivity index (χ3n) is 4.93. The number of amides is 1. The first-order valence-electron chi connectivity index (χ1n) is 9.67. The second kappa shape index (κ2) is 9.27. The zero-order chi connectivity index (χ0) is 24.3. The van der Waals surface area contributed by atoms with Crippen molar-refractivity contribution in [3.05, 3.63) is 81.4 Å². The largest absolute Gasteiger partial charge is 0.507 e. The summed E-state index contributed by atoms with van der Waals surface area (Å²) in [5.41, 5.74) is -1.51. The highest BCUT2D eigenvalue weighted by atomic mass is 19.4. The molecule has 1 aromatic heterocycles. The fourth-order valence-electron chi connectivity index (χ4n) is 3.38. The summed E-state index contributed by atoms with van der Waals surface area (Å²) in [5.74, 6) is -2.01. The molecule has 0 spiro atoms. The number of hydrogen-bond acceptors (Lipinski definition) is 6. The van der Waals surface area contributed by atoms with Gasteiger partial charge in [-0.25, -0.2) is 4.79 Å². The van der Waals surface area contributed by atoms with Crippen LogP contribution in [0, 0.1) is 6.92 Å². The standard InChI is InChI=1S/C23H20F3NO6/c1-12-9-18(29)21(22(31)33-12)16(13-3-8-19(32-2)17(28)10-13)11-20(30)27-15-6-4-14(5-7-15)23(24,25)26/h3-10,16,28-29H,11H2,1-2H3,(H,27,30). The lowest BCUT2D eigenvalue weighted by atomic mass is 9.88. The maximum absolute atomic E-state index is 12.7. The fraction of sp³-hybridized carbons (Fsp3) is 0.217. The van der Waals surface area contributed by atoms with E-state index in [9.17, 15) is 33.0 Å². The van der Waals surface area contributed by atoms with Crippen molar-refractivity contribution in [2.75, 3.05) is 12.4 Å². The second-order valence-corrected chi connectivity index (χ2v) is 7.25. The van der Waals surface area contributed by atoms with Crippen LogP contribution in [0.15, 0.2) is 57.7 Å². The van der Waals surface area contributed by atoms with E-state index in [1.54, 1.807) is 0 Å². The molecule has 0 aliphatic rings. The van der Waals surface area contributed by atoms with Crippen molar-refractivity contribution in [2.24, 2.45) is 0 Å². The summed E-state index contributed by atoms with van der Waals surface area (Å²) in [6.45, 7) is 1.47. The molecule has 0 aliphatic heterocycles. The summed E-state index contributed by atoms with van der Waals surface area (Å²) >= 11 is 0. The van der Waals surface area contributed by atoms with Crippen LogP contribution in [0.4, 0.5) is 18.9 Å². The predicted octanol–water partition coefficient (Wildman–Crippen LogP) is 4.55. The van der Waals surface area contributed by atoms with Crippen LogP contribution in [0.3, 0.4) is 0 Å². The lowest BCUT2D eigenvalue weighted by Crippen LogP contribution is -2.21. The number of rotatable bonds is 6. The van der Waals surface area contributed by atoms with Crippen molar-refractivity contribution < 1.29 is 37.3 Å². The van der Waals surface area contributed by atoms with Crippen molar-refractivity contribution in [2.45, 2.75) is 25.4 Å². The normalized spacial score (nSPS) is 12.3. The van der Waals surface area contributed by atoms with E-state index < -0.39 is 34.9 Å². The van der Waals surface area contributed by atoms with E-state index in [1.165, 1.54) is 38.3 Å². The molecule has 0 aliphatic carbocycles. The molecular formula is C23H20F3NO6. The number of methoxy groups -OCH3 is 1.